The van der Waals surface area contributed by atoms with Crippen molar-refractivity contribution in [2.75, 3.05) is 6.54 Å². The zero-order valence-corrected chi connectivity index (χ0v) is 12.6. The van der Waals surface area contributed by atoms with Crippen molar-refractivity contribution in [1.29, 1.82) is 0 Å². The van der Waals surface area contributed by atoms with Crippen LogP contribution in [-0.2, 0) is 0 Å². The molecule has 0 saturated carbocycles. The second-order valence-corrected chi connectivity index (χ2v) is 5.00. The average Bonchev–Trinajstić information content (AvgIpc) is 3.01. The third-order valence-electron chi connectivity index (χ3n) is 3.30. The molecule has 0 saturated heterocycles. The van der Waals surface area contributed by atoms with Gasteiger partial charge in [-0.05, 0) is 37.2 Å². The molecule has 0 atom stereocenters. The van der Waals surface area contributed by atoms with Gasteiger partial charge in [-0.2, -0.15) is 0 Å². The summed E-state index contributed by atoms with van der Waals surface area (Å²) in [5, 5.41) is 9.09. The van der Waals surface area contributed by atoms with Gasteiger partial charge in [0.2, 0.25) is 0 Å². The fraction of sp³-hybridized carbons (Fsp3) is 0.235. The highest BCUT2D eigenvalue weighted by Gasteiger charge is 2.10. The molecule has 0 spiro atoms. The summed E-state index contributed by atoms with van der Waals surface area (Å²) in [6, 6.07) is 19.8. The molecule has 0 unspecified atom stereocenters. The standard InChI is InChI=1S/C17H19N5/c1-2-3-14-18-17-19-22(16-12-8-5-9-13-16)20-21(17)15-10-6-4-7-11-15/h4-13H,2-3,14H2,1H3. The number of benzene rings is 2. The van der Waals surface area contributed by atoms with E-state index in [9.17, 15) is 0 Å². The zero-order valence-electron chi connectivity index (χ0n) is 12.6. The Morgan fingerprint density at radius 2 is 1.73 bits per heavy atom. The number of hydrogen-bond acceptors (Lipinski definition) is 2. The fourth-order valence-electron chi connectivity index (χ4n) is 2.11. The van der Waals surface area contributed by atoms with E-state index in [0.717, 1.165) is 30.8 Å². The first kappa shape index (κ1) is 14.3. The van der Waals surface area contributed by atoms with E-state index in [1.807, 2.05) is 60.7 Å². The van der Waals surface area contributed by atoms with Crippen LogP contribution in [0.1, 0.15) is 19.8 Å². The molecule has 22 heavy (non-hydrogen) atoms. The molecule has 2 aromatic carbocycles. The van der Waals surface area contributed by atoms with Crippen molar-refractivity contribution in [3.8, 4) is 11.4 Å². The maximum Gasteiger partial charge on any atom is 0.261 e. The highest BCUT2D eigenvalue weighted by Crippen LogP contribution is 2.01. The zero-order chi connectivity index (χ0) is 15.2. The largest absolute Gasteiger partial charge is 0.323 e. The topological polar surface area (TPSA) is 48.2 Å². The van der Waals surface area contributed by atoms with Crippen LogP contribution in [0, 0.1) is 0 Å². The Bertz CT molecular complexity index is 772. The summed E-state index contributed by atoms with van der Waals surface area (Å²) in [5.41, 5.74) is 2.51. The van der Waals surface area contributed by atoms with E-state index in [2.05, 4.69) is 22.2 Å². The molecular weight excluding hydrogens is 274 g/mol. The third-order valence-corrected chi connectivity index (χ3v) is 3.30. The molecule has 3 aromatic rings. The van der Waals surface area contributed by atoms with Gasteiger partial charge in [0.05, 0.1) is 0 Å². The molecule has 0 fully saturated rings. The lowest BCUT2D eigenvalue weighted by Crippen LogP contribution is -2.40. The quantitative estimate of drug-likeness (QED) is 0.532. The molecule has 0 radical (unpaired) electrons. The summed E-state index contributed by atoms with van der Waals surface area (Å²) >= 11 is 0. The normalized spacial score (nSPS) is 11.8. The van der Waals surface area contributed by atoms with E-state index in [0.29, 0.717) is 5.62 Å². The van der Waals surface area contributed by atoms with Crippen molar-refractivity contribution in [2.24, 2.45) is 4.99 Å². The predicted octanol–water partition coefficient (Wildman–Crippen LogP) is 1.81. The van der Waals surface area contributed by atoms with Gasteiger partial charge in [-0.3, -0.25) is 0 Å². The van der Waals surface area contributed by atoms with Crippen LogP contribution in [0.3, 0.4) is 0 Å². The molecule has 0 aliphatic carbocycles. The first-order valence-electron chi connectivity index (χ1n) is 7.56. The van der Waals surface area contributed by atoms with E-state index in [4.69, 9.17) is 0 Å². The van der Waals surface area contributed by atoms with Crippen molar-refractivity contribution in [2.45, 2.75) is 19.8 Å². The van der Waals surface area contributed by atoms with Gasteiger partial charge in [-0.15, -0.1) is 9.78 Å². The van der Waals surface area contributed by atoms with Crippen LogP contribution < -0.4 is 15.5 Å². The van der Waals surface area contributed by atoms with Gasteiger partial charge in [0, 0.05) is 5.21 Å². The summed E-state index contributed by atoms with van der Waals surface area (Å²) in [6.07, 6.45) is 2.16. The van der Waals surface area contributed by atoms with Gasteiger partial charge in [-0.1, -0.05) is 54.5 Å². The fourth-order valence-corrected chi connectivity index (χ4v) is 2.11. The second-order valence-electron chi connectivity index (χ2n) is 5.00. The molecule has 5 heteroatoms. The Morgan fingerprint density at radius 1 is 1.05 bits per heavy atom. The Kier molecular flexibility index (Phi) is 4.44. The third kappa shape index (κ3) is 3.14. The van der Waals surface area contributed by atoms with Crippen molar-refractivity contribution >= 4 is 0 Å². The van der Waals surface area contributed by atoms with Crippen LogP contribution in [0.15, 0.2) is 65.7 Å². The van der Waals surface area contributed by atoms with Gasteiger partial charge < -0.3 is 4.99 Å². The van der Waals surface area contributed by atoms with Crippen LogP contribution in [0.5, 0.6) is 0 Å². The average molecular weight is 293 g/mol. The smallest absolute Gasteiger partial charge is 0.261 e. The van der Waals surface area contributed by atoms with Crippen LogP contribution in [0.2, 0.25) is 0 Å². The predicted molar refractivity (Wildman–Crippen MR) is 83.8 cm³/mol. The van der Waals surface area contributed by atoms with Crippen molar-refractivity contribution in [3.63, 3.8) is 0 Å². The second kappa shape index (κ2) is 6.85. The lowest BCUT2D eigenvalue weighted by molar-refractivity contribution is -0.723. The number of unbranched alkanes of at least 4 members (excludes halogenated alkanes) is 1. The molecule has 112 valence electrons. The Hall–Kier alpha value is -2.69. The molecule has 0 amide bonds. The minimum Gasteiger partial charge on any atom is -0.323 e. The Balaban J connectivity index is 2.07. The minimum absolute atomic E-state index is 0.628. The van der Waals surface area contributed by atoms with E-state index in [1.54, 1.807) is 9.48 Å². The molecule has 0 aliphatic heterocycles. The molecule has 5 nitrogen and oxygen atoms in total. The van der Waals surface area contributed by atoms with Crippen LogP contribution in [-0.4, -0.2) is 16.4 Å². The SMILES string of the molecule is CCCCN=c1[n-][n+](-c2ccccc2)nn1-c1ccccc1. The maximum absolute atomic E-state index is 4.59. The number of aromatic nitrogens is 4. The van der Waals surface area contributed by atoms with Crippen molar-refractivity contribution in [3.05, 3.63) is 66.3 Å². The van der Waals surface area contributed by atoms with Gasteiger partial charge in [0.25, 0.3) is 5.62 Å². The summed E-state index contributed by atoms with van der Waals surface area (Å²) in [7, 11) is 0. The molecule has 0 bridgehead atoms. The van der Waals surface area contributed by atoms with E-state index in [-0.39, 0.29) is 0 Å². The van der Waals surface area contributed by atoms with Crippen molar-refractivity contribution in [1.82, 2.24) is 15.0 Å². The van der Waals surface area contributed by atoms with Crippen LogP contribution in [0.25, 0.3) is 11.4 Å². The van der Waals surface area contributed by atoms with Gasteiger partial charge in [0.1, 0.15) is 5.69 Å². The summed E-state index contributed by atoms with van der Waals surface area (Å²) in [5.74, 6) is 0. The molecular formula is C17H19N5. The van der Waals surface area contributed by atoms with E-state index >= 15 is 0 Å². The Morgan fingerprint density at radius 3 is 2.41 bits per heavy atom. The summed E-state index contributed by atoms with van der Waals surface area (Å²) in [4.78, 5) is 6.21. The highest BCUT2D eigenvalue weighted by molar-refractivity contribution is 5.28. The van der Waals surface area contributed by atoms with Crippen molar-refractivity contribution < 1.29 is 4.80 Å². The monoisotopic (exact) mass is 293 g/mol. The minimum atomic E-state index is 0.628. The molecule has 0 aliphatic rings. The number of rotatable bonds is 5. The number of hydrogen-bond donors (Lipinski definition) is 0. The molecule has 0 N–H and O–H groups in total. The first-order valence-corrected chi connectivity index (χ1v) is 7.56. The summed E-state index contributed by atoms with van der Waals surface area (Å²) in [6.45, 7) is 2.92. The van der Waals surface area contributed by atoms with Crippen LogP contribution >= 0.6 is 0 Å². The van der Waals surface area contributed by atoms with Gasteiger partial charge >= 0.3 is 0 Å². The van der Waals surface area contributed by atoms with Gasteiger partial charge in [-0.25, -0.2) is 0 Å². The number of para-hydroxylation sites is 2. The van der Waals surface area contributed by atoms with Gasteiger partial charge in [0.15, 0.2) is 5.69 Å². The first-order chi connectivity index (χ1) is 10.9. The number of tetrazole rings is 1. The van der Waals surface area contributed by atoms with E-state index < -0.39 is 0 Å². The lowest BCUT2D eigenvalue weighted by Gasteiger charge is -1.95. The number of nitrogens with zero attached hydrogens (tertiary/aromatic N) is 5. The lowest BCUT2D eigenvalue weighted by atomic mass is 10.3. The molecule has 1 heterocycles. The molecule has 3 rings (SSSR count). The Labute approximate surface area is 129 Å². The molecule has 1 aromatic heterocycles. The maximum atomic E-state index is 4.59. The van der Waals surface area contributed by atoms with Crippen LogP contribution in [0.4, 0.5) is 0 Å². The highest BCUT2D eigenvalue weighted by atomic mass is 15.6. The van der Waals surface area contributed by atoms with E-state index in [1.165, 1.54) is 0 Å². The summed E-state index contributed by atoms with van der Waals surface area (Å²) < 4.78 is 1.78.